The van der Waals surface area contributed by atoms with Crippen molar-refractivity contribution in [2.75, 3.05) is 44.8 Å². The molecule has 1 saturated heterocycles. The van der Waals surface area contributed by atoms with E-state index in [0.717, 1.165) is 5.69 Å². The molecule has 0 bridgehead atoms. The Morgan fingerprint density at radius 1 is 1.10 bits per heavy atom. The predicted octanol–water partition coefficient (Wildman–Crippen LogP) is 4.53. The Balaban J connectivity index is 0.00000204. The average Bonchev–Trinajstić information content (AvgIpc) is 2.71. The molecule has 1 aromatic carbocycles. The Morgan fingerprint density at radius 2 is 1.66 bits per heavy atom. The van der Waals surface area contributed by atoms with Gasteiger partial charge in [0.05, 0.1) is 13.0 Å². The number of carbonyl (C=O) groups excluding carboxylic acids is 1. The first-order valence-corrected chi connectivity index (χ1v) is 10.3. The Kier molecular flexibility index (Phi) is 10.6. The first-order valence-electron chi connectivity index (χ1n) is 10.3. The molecule has 0 aromatic heterocycles. The second-order valence-electron chi connectivity index (χ2n) is 7.16. The molecule has 1 aliphatic rings. The molecule has 1 aromatic rings. The van der Waals surface area contributed by atoms with Crippen LogP contribution < -0.4 is 4.90 Å². The molecule has 0 saturated carbocycles. The SMILES string of the molecule is CC.COCCC(=O)N1CCN(c2ccc(C([B]C(C)C)C(F)(F)F)cc2)CC1. The summed E-state index contributed by atoms with van der Waals surface area (Å²) < 4.78 is 45.0. The molecule has 0 spiro atoms. The van der Waals surface area contributed by atoms with Crippen molar-refractivity contribution in [1.29, 1.82) is 0 Å². The summed E-state index contributed by atoms with van der Waals surface area (Å²) >= 11 is 0. The lowest BCUT2D eigenvalue weighted by Crippen LogP contribution is -2.49. The third kappa shape index (κ3) is 7.92. The van der Waals surface area contributed by atoms with Gasteiger partial charge < -0.3 is 14.5 Å². The van der Waals surface area contributed by atoms with Gasteiger partial charge in [-0.15, -0.1) is 0 Å². The number of benzene rings is 1. The van der Waals surface area contributed by atoms with Gasteiger partial charge in [-0.25, -0.2) is 0 Å². The van der Waals surface area contributed by atoms with Gasteiger partial charge in [-0.3, -0.25) is 4.79 Å². The Morgan fingerprint density at radius 3 is 2.10 bits per heavy atom. The number of amides is 1. The van der Waals surface area contributed by atoms with Gasteiger partial charge in [0.2, 0.25) is 5.91 Å². The first kappa shape index (κ1) is 25.3. The molecule has 1 heterocycles. The van der Waals surface area contributed by atoms with E-state index in [9.17, 15) is 18.0 Å². The summed E-state index contributed by atoms with van der Waals surface area (Å²) in [4.78, 5) is 15.9. The van der Waals surface area contributed by atoms with Crippen molar-refractivity contribution in [3.05, 3.63) is 29.8 Å². The molecule has 163 valence electrons. The largest absolute Gasteiger partial charge is 0.388 e. The number of piperazine rings is 1. The van der Waals surface area contributed by atoms with Crippen LogP contribution in [0.5, 0.6) is 0 Å². The molecule has 2 rings (SSSR count). The van der Waals surface area contributed by atoms with Crippen LogP contribution in [0, 0.1) is 0 Å². The Bertz CT molecular complexity index is 601. The summed E-state index contributed by atoms with van der Waals surface area (Å²) in [7, 11) is 2.90. The van der Waals surface area contributed by atoms with Crippen LogP contribution in [0.1, 0.15) is 45.5 Å². The number of halogens is 3. The van der Waals surface area contributed by atoms with Gasteiger partial charge in [0.15, 0.2) is 0 Å². The number of carbonyl (C=O) groups is 1. The zero-order valence-electron chi connectivity index (χ0n) is 18.1. The second kappa shape index (κ2) is 12.1. The third-order valence-corrected chi connectivity index (χ3v) is 4.70. The van der Waals surface area contributed by atoms with Crippen molar-refractivity contribution in [2.24, 2.45) is 0 Å². The van der Waals surface area contributed by atoms with Crippen LogP contribution in [-0.2, 0) is 9.53 Å². The minimum atomic E-state index is -4.29. The lowest BCUT2D eigenvalue weighted by atomic mass is 9.54. The fraction of sp³-hybridized carbons (Fsp3) is 0.667. The molecule has 1 atom stereocenters. The Hall–Kier alpha value is -1.70. The van der Waals surface area contributed by atoms with E-state index in [0.29, 0.717) is 39.2 Å². The summed E-state index contributed by atoms with van der Waals surface area (Å²) in [5, 5.41) is 0. The highest BCUT2D eigenvalue weighted by atomic mass is 19.4. The molecule has 8 heteroatoms. The van der Waals surface area contributed by atoms with Crippen molar-refractivity contribution in [1.82, 2.24) is 4.90 Å². The van der Waals surface area contributed by atoms with Gasteiger partial charge in [-0.2, -0.15) is 13.2 Å². The van der Waals surface area contributed by atoms with Gasteiger partial charge in [-0.05, 0) is 17.7 Å². The fourth-order valence-electron chi connectivity index (χ4n) is 3.25. The number of rotatable bonds is 7. The molecule has 0 N–H and O–H groups in total. The molecule has 29 heavy (non-hydrogen) atoms. The maximum Gasteiger partial charge on any atom is 0.388 e. The first-order chi connectivity index (χ1) is 13.7. The molecule has 1 radical (unpaired) electrons. The van der Waals surface area contributed by atoms with E-state index in [1.165, 1.54) is 7.28 Å². The summed E-state index contributed by atoms with van der Waals surface area (Å²) in [5.74, 6) is -1.63. The van der Waals surface area contributed by atoms with E-state index >= 15 is 0 Å². The maximum atomic E-state index is 13.3. The summed E-state index contributed by atoms with van der Waals surface area (Å²) in [6.45, 7) is 10.5. The standard InChI is InChI=1S/C19H27BF3N2O2.C2H6/c1-14(2)20-18(19(21,22)23)15-4-6-16(7-5-15)24-9-11-25(12-10-24)17(26)8-13-27-3;1-2/h4-7,14,18H,8-13H2,1-3H3;1-2H3. The van der Waals surface area contributed by atoms with Crippen molar-refractivity contribution < 1.29 is 22.7 Å². The van der Waals surface area contributed by atoms with Gasteiger partial charge in [0.25, 0.3) is 0 Å². The van der Waals surface area contributed by atoms with Crippen LogP contribution >= 0.6 is 0 Å². The predicted molar refractivity (Wildman–Crippen MR) is 113 cm³/mol. The summed E-state index contributed by atoms with van der Waals surface area (Å²) in [6.07, 6.45) is -3.92. The van der Waals surface area contributed by atoms with Crippen LogP contribution in [0.25, 0.3) is 0 Å². The van der Waals surface area contributed by atoms with E-state index in [1.54, 1.807) is 50.1 Å². The zero-order chi connectivity index (χ0) is 22.0. The Labute approximate surface area is 173 Å². The quantitative estimate of drug-likeness (QED) is 0.616. The van der Waals surface area contributed by atoms with E-state index in [4.69, 9.17) is 4.74 Å². The number of hydrogen-bond donors (Lipinski definition) is 0. The van der Waals surface area contributed by atoms with E-state index < -0.39 is 12.0 Å². The van der Waals surface area contributed by atoms with E-state index in [-0.39, 0.29) is 17.3 Å². The number of hydrogen-bond acceptors (Lipinski definition) is 3. The van der Waals surface area contributed by atoms with Crippen LogP contribution in [0.3, 0.4) is 0 Å². The number of alkyl halides is 3. The van der Waals surface area contributed by atoms with Crippen LogP contribution in [0.2, 0.25) is 5.82 Å². The van der Waals surface area contributed by atoms with Gasteiger partial charge >= 0.3 is 6.18 Å². The zero-order valence-corrected chi connectivity index (χ0v) is 18.1. The highest BCUT2D eigenvalue weighted by Gasteiger charge is 2.41. The van der Waals surface area contributed by atoms with Crippen molar-refractivity contribution in [3.63, 3.8) is 0 Å². The molecule has 0 aliphatic carbocycles. The summed E-state index contributed by atoms with van der Waals surface area (Å²) in [5.41, 5.74) is 1.14. The molecule has 1 aliphatic heterocycles. The highest BCUT2D eigenvalue weighted by Crippen LogP contribution is 2.36. The number of ether oxygens (including phenoxy) is 1. The fourth-order valence-corrected chi connectivity index (χ4v) is 3.25. The lowest BCUT2D eigenvalue weighted by Gasteiger charge is -2.36. The van der Waals surface area contributed by atoms with Gasteiger partial charge in [0.1, 0.15) is 7.28 Å². The average molecular weight is 413 g/mol. The number of anilines is 1. The topological polar surface area (TPSA) is 32.8 Å². The number of methoxy groups -OCH3 is 1. The molecule has 1 amide bonds. The monoisotopic (exact) mass is 413 g/mol. The highest BCUT2D eigenvalue weighted by molar-refractivity contribution is 6.40. The summed E-state index contributed by atoms with van der Waals surface area (Å²) in [6, 6.07) is 6.60. The lowest BCUT2D eigenvalue weighted by molar-refractivity contribution is -0.133. The van der Waals surface area contributed by atoms with Crippen molar-refractivity contribution >= 4 is 18.9 Å². The van der Waals surface area contributed by atoms with Crippen LogP contribution in [0.4, 0.5) is 18.9 Å². The second-order valence-corrected chi connectivity index (χ2v) is 7.16. The van der Waals surface area contributed by atoms with E-state index in [1.807, 2.05) is 13.8 Å². The molecule has 1 fully saturated rings. The smallest absolute Gasteiger partial charge is 0.384 e. The molecule has 1 unspecified atom stereocenters. The molecule has 4 nitrogen and oxygen atoms in total. The minimum Gasteiger partial charge on any atom is -0.384 e. The van der Waals surface area contributed by atoms with Crippen LogP contribution in [-0.4, -0.2) is 64.2 Å². The van der Waals surface area contributed by atoms with E-state index in [2.05, 4.69) is 4.90 Å². The van der Waals surface area contributed by atoms with Crippen LogP contribution in [0.15, 0.2) is 24.3 Å². The van der Waals surface area contributed by atoms with Gasteiger partial charge in [0, 0.05) is 44.8 Å². The minimum absolute atomic E-state index is 0.0732. The third-order valence-electron chi connectivity index (χ3n) is 4.70. The molecular formula is C21H33BF3N2O2. The van der Waals surface area contributed by atoms with Gasteiger partial charge in [-0.1, -0.05) is 45.6 Å². The molecular weight excluding hydrogens is 380 g/mol. The normalized spacial score (nSPS) is 15.6. The van der Waals surface area contributed by atoms with Crippen molar-refractivity contribution in [2.45, 2.75) is 51.9 Å². The van der Waals surface area contributed by atoms with Crippen molar-refractivity contribution in [3.8, 4) is 0 Å². The maximum absolute atomic E-state index is 13.3. The number of nitrogens with zero attached hydrogens (tertiary/aromatic N) is 2.